The maximum Gasteiger partial charge on any atom is 0.327 e. The largest absolute Gasteiger partial charge is 0.465 e. The molecule has 94 valence electrons. The van der Waals surface area contributed by atoms with Gasteiger partial charge in [-0.05, 0) is 6.92 Å². The predicted octanol–water partition coefficient (Wildman–Crippen LogP) is 1.51. The number of nitro benzene ring substituents is 1. The Morgan fingerprint density at radius 1 is 1.56 bits per heavy atom. The van der Waals surface area contributed by atoms with E-state index in [1.807, 2.05) is 0 Å². The molecule has 0 unspecified atom stereocenters. The van der Waals surface area contributed by atoms with Gasteiger partial charge in [0.2, 0.25) is 0 Å². The Balaban J connectivity index is 2.35. The summed E-state index contributed by atoms with van der Waals surface area (Å²) in [5.41, 5.74) is 0.196. The quantitative estimate of drug-likeness (QED) is 0.465. The van der Waals surface area contributed by atoms with E-state index in [0.717, 1.165) is 0 Å². The monoisotopic (exact) mass is 249 g/mol. The van der Waals surface area contributed by atoms with Gasteiger partial charge in [0.1, 0.15) is 6.54 Å². The molecule has 0 saturated carbocycles. The van der Waals surface area contributed by atoms with Crippen LogP contribution in [0.25, 0.3) is 10.9 Å². The zero-order valence-corrected chi connectivity index (χ0v) is 9.70. The molecule has 0 saturated heterocycles. The Bertz CT molecular complexity index is 605. The lowest BCUT2D eigenvalue weighted by atomic mass is 10.2. The highest BCUT2D eigenvalue weighted by atomic mass is 16.6. The maximum atomic E-state index is 11.3. The van der Waals surface area contributed by atoms with Crippen molar-refractivity contribution >= 4 is 22.6 Å². The van der Waals surface area contributed by atoms with Crippen LogP contribution in [-0.4, -0.2) is 27.3 Å². The average molecular weight is 249 g/mol. The van der Waals surface area contributed by atoms with Gasteiger partial charge < -0.3 is 4.74 Å². The molecule has 0 fully saturated rings. The topological polar surface area (TPSA) is 87.3 Å². The first-order chi connectivity index (χ1) is 8.61. The maximum absolute atomic E-state index is 11.3. The van der Waals surface area contributed by atoms with Crippen molar-refractivity contribution in [2.45, 2.75) is 13.5 Å². The van der Waals surface area contributed by atoms with Crippen LogP contribution in [0.5, 0.6) is 0 Å². The summed E-state index contributed by atoms with van der Waals surface area (Å²) in [7, 11) is 0. The van der Waals surface area contributed by atoms with Crippen LogP contribution < -0.4 is 0 Å². The van der Waals surface area contributed by atoms with E-state index in [-0.39, 0.29) is 17.7 Å². The van der Waals surface area contributed by atoms with Crippen LogP contribution >= 0.6 is 0 Å². The van der Waals surface area contributed by atoms with Gasteiger partial charge in [0, 0.05) is 17.6 Å². The smallest absolute Gasteiger partial charge is 0.327 e. The van der Waals surface area contributed by atoms with E-state index in [9.17, 15) is 14.9 Å². The summed E-state index contributed by atoms with van der Waals surface area (Å²) in [5.74, 6) is -0.423. The summed E-state index contributed by atoms with van der Waals surface area (Å²) in [4.78, 5) is 21.6. The van der Waals surface area contributed by atoms with E-state index >= 15 is 0 Å². The molecule has 7 heteroatoms. The molecule has 0 aliphatic carbocycles. The van der Waals surface area contributed by atoms with Crippen molar-refractivity contribution in [3.8, 4) is 0 Å². The third kappa shape index (κ3) is 2.29. The van der Waals surface area contributed by atoms with E-state index in [0.29, 0.717) is 12.0 Å². The Kier molecular flexibility index (Phi) is 3.22. The summed E-state index contributed by atoms with van der Waals surface area (Å²) in [5, 5.41) is 15.5. The van der Waals surface area contributed by atoms with Crippen molar-refractivity contribution in [1.82, 2.24) is 9.78 Å². The second-order valence-electron chi connectivity index (χ2n) is 3.60. The minimum Gasteiger partial charge on any atom is -0.465 e. The fraction of sp³-hybridized carbons (Fsp3) is 0.273. The van der Waals surface area contributed by atoms with Gasteiger partial charge in [-0.3, -0.25) is 19.6 Å². The van der Waals surface area contributed by atoms with Crippen LogP contribution in [0, 0.1) is 10.1 Å². The van der Waals surface area contributed by atoms with E-state index in [4.69, 9.17) is 4.74 Å². The highest BCUT2D eigenvalue weighted by molar-refractivity contribution is 5.86. The Morgan fingerprint density at radius 3 is 3.00 bits per heavy atom. The molecule has 1 aromatic heterocycles. The second kappa shape index (κ2) is 4.82. The van der Waals surface area contributed by atoms with Gasteiger partial charge in [0.05, 0.1) is 11.5 Å². The second-order valence-corrected chi connectivity index (χ2v) is 3.60. The fourth-order valence-electron chi connectivity index (χ4n) is 1.65. The molecule has 0 aliphatic heterocycles. The highest BCUT2D eigenvalue weighted by Crippen LogP contribution is 2.23. The molecule has 0 bridgehead atoms. The molecule has 1 aromatic carbocycles. The molecule has 0 radical (unpaired) electrons. The number of ether oxygens (including phenoxy) is 1. The molecular formula is C11H11N3O4. The summed E-state index contributed by atoms with van der Waals surface area (Å²) in [6.07, 6.45) is 1.58. The number of carbonyl (C=O) groups excluding carboxylic acids is 1. The van der Waals surface area contributed by atoms with E-state index in [1.165, 1.54) is 10.7 Å². The number of aromatic nitrogens is 2. The number of nitrogens with zero attached hydrogens (tertiary/aromatic N) is 3. The van der Waals surface area contributed by atoms with Gasteiger partial charge in [0.15, 0.2) is 5.52 Å². The molecule has 1 heterocycles. The number of carbonyl (C=O) groups is 1. The number of nitro groups is 1. The summed E-state index contributed by atoms with van der Waals surface area (Å²) in [6.45, 7) is 1.95. The van der Waals surface area contributed by atoms with Crippen LogP contribution in [0.4, 0.5) is 5.69 Å². The number of rotatable bonds is 4. The first-order valence-electron chi connectivity index (χ1n) is 5.38. The van der Waals surface area contributed by atoms with Crippen molar-refractivity contribution in [2.24, 2.45) is 0 Å². The number of benzene rings is 1. The lowest BCUT2D eigenvalue weighted by molar-refractivity contribution is -0.383. The zero-order chi connectivity index (χ0) is 13.1. The van der Waals surface area contributed by atoms with Gasteiger partial charge in [-0.1, -0.05) is 12.1 Å². The Hall–Kier alpha value is -2.44. The first kappa shape index (κ1) is 12.0. The molecule has 0 spiro atoms. The molecule has 18 heavy (non-hydrogen) atoms. The zero-order valence-electron chi connectivity index (χ0n) is 9.70. The molecule has 0 N–H and O–H groups in total. The minimum absolute atomic E-state index is 0.0559. The van der Waals surface area contributed by atoms with Crippen molar-refractivity contribution in [2.75, 3.05) is 6.61 Å². The van der Waals surface area contributed by atoms with Gasteiger partial charge >= 0.3 is 5.97 Å². The molecule has 7 nitrogen and oxygen atoms in total. The third-order valence-electron chi connectivity index (χ3n) is 2.36. The third-order valence-corrected chi connectivity index (χ3v) is 2.36. The number of hydrogen-bond donors (Lipinski definition) is 0. The Labute approximate surface area is 102 Å². The van der Waals surface area contributed by atoms with Crippen molar-refractivity contribution in [3.63, 3.8) is 0 Å². The predicted molar refractivity (Wildman–Crippen MR) is 63.0 cm³/mol. The average Bonchev–Trinajstić information content (AvgIpc) is 2.70. The lowest BCUT2D eigenvalue weighted by Crippen LogP contribution is -2.13. The summed E-state index contributed by atoms with van der Waals surface area (Å²) in [6, 6.07) is 4.66. The molecule has 0 atom stereocenters. The summed E-state index contributed by atoms with van der Waals surface area (Å²) >= 11 is 0. The molecule has 2 rings (SSSR count). The van der Waals surface area contributed by atoms with E-state index in [1.54, 1.807) is 25.3 Å². The van der Waals surface area contributed by atoms with Crippen LogP contribution in [-0.2, 0) is 16.1 Å². The van der Waals surface area contributed by atoms with E-state index in [2.05, 4.69) is 5.10 Å². The van der Waals surface area contributed by atoms with Crippen LogP contribution in [0.15, 0.2) is 24.4 Å². The number of fused-ring (bicyclic) bond motifs is 1. The van der Waals surface area contributed by atoms with E-state index < -0.39 is 10.9 Å². The van der Waals surface area contributed by atoms with Crippen molar-refractivity contribution < 1.29 is 14.5 Å². The number of esters is 1. The van der Waals surface area contributed by atoms with Gasteiger partial charge in [-0.15, -0.1) is 0 Å². The highest BCUT2D eigenvalue weighted by Gasteiger charge is 2.15. The van der Waals surface area contributed by atoms with Crippen LogP contribution in [0.1, 0.15) is 6.92 Å². The normalized spacial score (nSPS) is 10.5. The minimum atomic E-state index is -0.496. The van der Waals surface area contributed by atoms with Crippen LogP contribution in [0.2, 0.25) is 0 Å². The Morgan fingerprint density at radius 2 is 2.33 bits per heavy atom. The molecule has 2 aromatic rings. The van der Waals surface area contributed by atoms with Gasteiger partial charge in [-0.25, -0.2) is 0 Å². The van der Waals surface area contributed by atoms with Gasteiger partial charge in [-0.2, -0.15) is 5.10 Å². The molecule has 0 amide bonds. The molecular weight excluding hydrogens is 238 g/mol. The van der Waals surface area contributed by atoms with Crippen molar-refractivity contribution in [1.29, 1.82) is 0 Å². The summed E-state index contributed by atoms with van der Waals surface area (Å²) < 4.78 is 6.13. The fourth-order valence-corrected chi connectivity index (χ4v) is 1.65. The lowest BCUT2D eigenvalue weighted by Gasteiger charge is -2.00. The molecule has 0 aliphatic rings. The number of non-ortho nitro benzene ring substituents is 1. The van der Waals surface area contributed by atoms with Crippen LogP contribution in [0.3, 0.4) is 0 Å². The standard InChI is InChI=1S/C11H11N3O4/c1-2-18-10(15)7-13-6-8-4-3-5-9(14(16)17)11(8)12-13/h3-6H,2,7H2,1H3. The van der Waals surface area contributed by atoms with Gasteiger partial charge in [0.25, 0.3) is 5.69 Å². The van der Waals surface area contributed by atoms with Crippen molar-refractivity contribution in [3.05, 3.63) is 34.5 Å². The SMILES string of the molecule is CCOC(=O)Cn1cc2cccc([N+](=O)[O-])c2n1. The number of hydrogen-bond acceptors (Lipinski definition) is 5. The first-order valence-corrected chi connectivity index (χ1v) is 5.38.